The topological polar surface area (TPSA) is 115 Å². The van der Waals surface area contributed by atoms with Gasteiger partial charge in [0.15, 0.2) is 6.61 Å². The first-order valence-corrected chi connectivity index (χ1v) is 10.9. The molecule has 1 aromatic heterocycles. The largest absolute Gasteiger partial charge is 0.483 e. The van der Waals surface area contributed by atoms with Crippen LogP contribution in [0.2, 0.25) is 0 Å². The zero-order chi connectivity index (χ0) is 24.1. The van der Waals surface area contributed by atoms with Gasteiger partial charge in [-0.2, -0.15) is 0 Å². The molecule has 0 saturated heterocycles. The zero-order valence-electron chi connectivity index (χ0n) is 19.1. The number of ether oxygens (including phenoxy) is 1. The molecule has 0 fully saturated rings. The van der Waals surface area contributed by atoms with Gasteiger partial charge < -0.3 is 15.0 Å². The maximum atomic E-state index is 12.9. The van der Waals surface area contributed by atoms with E-state index in [9.17, 15) is 19.6 Å². The van der Waals surface area contributed by atoms with Crippen molar-refractivity contribution in [1.82, 2.24) is 9.63 Å². The van der Waals surface area contributed by atoms with E-state index < -0.39 is 30.2 Å². The number of ketones is 1. The molecule has 2 amide bonds. The van der Waals surface area contributed by atoms with E-state index >= 15 is 0 Å². The van der Waals surface area contributed by atoms with Gasteiger partial charge in [-0.1, -0.05) is 43.3 Å². The fraction of sp³-hybridized carbons (Fsp3) is 0.320. The molecule has 8 heteroatoms. The number of hydroxylamine groups is 2. The van der Waals surface area contributed by atoms with Gasteiger partial charge in [0.2, 0.25) is 0 Å². The van der Waals surface area contributed by atoms with E-state index in [1.807, 2.05) is 47.9 Å². The van der Waals surface area contributed by atoms with Crippen molar-refractivity contribution in [3.05, 3.63) is 65.4 Å². The van der Waals surface area contributed by atoms with Crippen LogP contribution in [0.15, 0.2) is 48.5 Å². The van der Waals surface area contributed by atoms with E-state index in [1.54, 1.807) is 26.0 Å². The lowest BCUT2D eigenvalue weighted by Gasteiger charge is -2.19. The van der Waals surface area contributed by atoms with Crippen molar-refractivity contribution in [1.29, 1.82) is 0 Å². The highest BCUT2D eigenvalue weighted by molar-refractivity contribution is 6.45. The van der Waals surface area contributed by atoms with Crippen LogP contribution in [0.4, 0.5) is 0 Å². The minimum absolute atomic E-state index is 0.195. The van der Waals surface area contributed by atoms with Crippen LogP contribution < -0.4 is 10.5 Å². The predicted octanol–water partition coefficient (Wildman–Crippen LogP) is 3.12. The van der Waals surface area contributed by atoms with E-state index in [-0.39, 0.29) is 11.3 Å². The van der Waals surface area contributed by atoms with E-state index in [0.717, 1.165) is 12.0 Å². The molecule has 1 heterocycles. The third-order valence-corrected chi connectivity index (χ3v) is 5.51. The molecule has 0 aliphatic heterocycles. The Morgan fingerprint density at radius 3 is 2.39 bits per heavy atom. The number of aryl methyl sites for hydroxylation is 2. The number of rotatable bonds is 10. The van der Waals surface area contributed by atoms with Gasteiger partial charge in [0, 0.05) is 12.2 Å². The molecular formula is C25H29N3O5. The van der Waals surface area contributed by atoms with Crippen LogP contribution in [0.25, 0.3) is 10.9 Å². The van der Waals surface area contributed by atoms with Crippen LogP contribution in [0.5, 0.6) is 5.75 Å². The summed E-state index contributed by atoms with van der Waals surface area (Å²) in [6, 6.07) is 14.8. The number of carbonyl (C=O) groups excluding carboxylic acids is 3. The van der Waals surface area contributed by atoms with Crippen molar-refractivity contribution < 1.29 is 24.3 Å². The van der Waals surface area contributed by atoms with Gasteiger partial charge in [0.25, 0.3) is 17.6 Å². The number of benzene rings is 2. The zero-order valence-corrected chi connectivity index (χ0v) is 19.1. The first-order valence-electron chi connectivity index (χ1n) is 10.9. The summed E-state index contributed by atoms with van der Waals surface area (Å²) in [6.07, 6.45) is 1.22. The Kier molecular flexibility index (Phi) is 7.50. The Labute approximate surface area is 192 Å². The van der Waals surface area contributed by atoms with E-state index in [1.165, 1.54) is 0 Å². The van der Waals surface area contributed by atoms with Crippen molar-refractivity contribution in [2.75, 3.05) is 6.61 Å². The molecule has 174 valence electrons. The van der Waals surface area contributed by atoms with Gasteiger partial charge in [0.1, 0.15) is 5.75 Å². The highest BCUT2D eigenvalue weighted by atomic mass is 16.5. The minimum Gasteiger partial charge on any atom is -0.483 e. The average molecular weight is 452 g/mol. The summed E-state index contributed by atoms with van der Waals surface area (Å²) in [7, 11) is 0. The Hall–Kier alpha value is -3.65. The average Bonchev–Trinajstić information content (AvgIpc) is 3.14. The van der Waals surface area contributed by atoms with Gasteiger partial charge >= 0.3 is 0 Å². The van der Waals surface area contributed by atoms with Crippen LogP contribution in [-0.2, 0) is 29.0 Å². The first kappa shape index (κ1) is 24.0. The maximum Gasteiger partial charge on any atom is 0.289 e. The number of primary amides is 1. The van der Waals surface area contributed by atoms with Crippen molar-refractivity contribution >= 4 is 28.5 Å². The summed E-state index contributed by atoms with van der Waals surface area (Å²) in [5.41, 5.74) is 8.09. The van der Waals surface area contributed by atoms with Gasteiger partial charge in [-0.15, -0.1) is 0 Å². The smallest absolute Gasteiger partial charge is 0.289 e. The van der Waals surface area contributed by atoms with E-state index in [0.29, 0.717) is 34.6 Å². The predicted molar refractivity (Wildman–Crippen MR) is 124 cm³/mol. The van der Waals surface area contributed by atoms with Crippen molar-refractivity contribution in [2.45, 2.75) is 46.2 Å². The van der Waals surface area contributed by atoms with Crippen molar-refractivity contribution in [3.8, 4) is 5.75 Å². The Balaban J connectivity index is 2.08. The minimum atomic E-state index is -1.06. The van der Waals surface area contributed by atoms with Gasteiger partial charge in [-0.05, 0) is 44.4 Å². The second kappa shape index (κ2) is 10.3. The molecule has 0 saturated carbocycles. The highest BCUT2D eigenvalue weighted by Gasteiger charge is 2.27. The third kappa shape index (κ3) is 5.06. The lowest BCUT2D eigenvalue weighted by molar-refractivity contribution is -0.174. The van der Waals surface area contributed by atoms with Crippen LogP contribution in [0.1, 0.15) is 42.4 Å². The normalized spacial score (nSPS) is 11.1. The molecule has 3 aromatic rings. The van der Waals surface area contributed by atoms with Crippen LogP contribution in [0, 0.1) is 0 Å². The molecule has 2 aromatic carbocycles. The molecule has 8 nitrogen and oxygen atoms in total. The van der Waals surface area contributed by atoms with Crippen LogP contribution in [0.3, 0.4) is 0 Å². The summed E-state index contributed by atoms with van der Waals surface area (Å²) in [5.74, 6) is -2.21. The molecule has 0 aliphatic rings. The first-order chi connectivity index (χ1) is 15.8. The number of nitrogens with two attached hydrogens (primary N) is 1. The number of aromatic nitrogens is 1. The fourth-order valence-corrected chi connectivity index (χ4v) is 3.91. The van der Waals surface area contributed by atoms with Gasteiger partial charge in [-0.25, -0.2) is 5.06 Å². The number of hydrogen-bond acceptors (Lipinski definition) is 5. The second-order valence-electron chi connectivity index (χ2n) is 8.03. The van der Waals surface area contributed by atoms with Crippen LogP contribution in [-0.4, -0.2) is 45.1 Å². The number of carbonyl (C=O) groups is 3. The maximum absolute atomic E-state index is 12.9. The summed E-state index contributed by atoms with van der Waals surface area (Å²) in [5, 5.41) is 10.9. The molecule has 0 spiro atoms. The van der Waals surface area contributed by atoms with E-state index in [4.69, 9.17) is 10.5 Å². The Morgan fingerprint density at radius 1 is 1.09 bits per heavy atom. The van der Waals surface area contributed by atoms with Crippen molar-refractivity contribution in [2.24, 2.45) is 5.73 Å². The van der Waals surface area contributed by atoms with Crippen molar-refractivity contribution in [3.63, 3.8) is 0 Å². The molecule has 0 atom stereocenters. The number of amides is 2. The number of Topliss-reactive ketones (excluding diaryl/α,β-unsaturated/α-hetero) is 1. The Bertz CT molecular complexity index is 1170. The monoisotopic (exact) mass is 451 g/mol. The number of fused-ring (bicyclic) bond motifs is 1. The second-order valence-corrected chi connectivity index (χ2v) is 8.03. The molecule has 3 N–H and O–H groups in total. The SMILES string of the molecule is CCc1c(C(=O)C(N)=O)c2c(OCC(=O)N(O)C(C)C)cccc2n1CCc1ccccc1. The summed E-state index contributed by atoms with van der Waals surface area (Å²) in [6.45, 7) is 5.40. The quantitative estimate of drug-likeness (QED) is 0.213. The number of nitrogens with zero attached hydrogens (tertiary/aromatic N) is 2. The molecular weight excluding hydrogens is 422 g/mol. The van der Waals surface area contributed by atoms with Crippen LogP contribution >= 0.6 is 0 Å². The van der Waals surface area contributed by atoms with Gasteiger partial charge in [0.05, 0.1) is 22.5 Å². The molecule has 33 heavy (non-hydrogen) atoms. The molecule has 0 unspecified atom stereocenters. The molecule has 0 bridgehead atoms. The summed E-state index contributed by atoms with van der Waals surface area (Å²) >= 11 is 0. The number of hydrogen-bond donors (Lipinski definition) is 2. The van der Waals surface area contributed by atoms with Gasteiger partial charge in [-0.3, -0.25) is 19.6 Å². The summed E-state index contributed by atoms with van der Waals surface area (Å²) < 4.78 is 7.73. The highest BCUT2D eigenvalue weighted by Crippen LogP contribution is 2.35. The lowest BCUT2D eigenvalue weighted by atomic mass is 10.0. The lowest BCUT2D eigenvalue weighted by Crippen LogP contribution is -2.37. The standard InChI is InChI=1S/C25H29N3O5/c1-4-18-23(24(30)25(26)31)22-19(27(18)14-13-17-9-6-5-7-10-17)11-8-12-20(22)33-15-21(29)28(32)16(2)3/h5-12,16,32H,4,13-15H2,1-3H3,(H2,26,31). The molecule has 0 aliphatic carbocycles. The molecule has 3 rings (SSSR count). The fourth-order valence-electron chi connectivity index (χ4n) is 3.91. The summed E-state index contributed by atoms with van der Waals surface area (Å²) in [4.78, 5) is 36.9. The van der Waals surface area contributed by atoms with E-state index in [2.05, 4.69) is 0 Å². The third-order valence-electron chi connectivity index (χ3n) is 5.51. The molecule has 0 radical (unpaired) electrons. The Morgan fingerprint density at radius 2 is 1.79 bits per heavy atom.